The van der Waals surface area contributed by atoms with E-state index in [1.165, 1.54) is 30.2 Å². The van der Waals surface area contributed by atoms with Gasteiger partial charge < -0.3 is 15.0 Å². The lowest BCUT2D eigenvalue weighted by molar-refractivity contribution is -0.139. The van der Waals surface area contributed by atoms with E-state index in [1.54, 1.807) is 31.2 Å². The predicted molar refractivity (Wildman–Crippen MR) is 163 cm³/mol. The third-order valence-corrected chi connectivity index (χ3v) is 8.95. The second-order valence-electron chi connectivity index (χ2n) is 10.1. The molecule has 0 saturated carbocycles. The van der Waals surface area contributed by atoms with Crippen LogP contribution in [0.1, 0.15) is 43.9 Å². The van der Waals surface area contributed by atoms with E-state index in [9.17, 15) is 18.0 Å². The fraction of sp³-hybridized carbons (Fsp3) is 0.355. The molecule has 3 rings (SSSR count). The SMILES string of the molecule is CC[C@@H](C)NC(=O)[C@@H](C)N(Cc1ccc(C)cc1)C(=O)CN(c1cc(Cl)ccc1OC)S(=O)(=O)c1ccc(C)cc1. The Bertz CT molecular complexity index is 1460. The summed E-state index contributed by atoms with van der Waals surface area (Å²) in [5.74, 6) is -0.659. The zero-order valence-electron chi connectivity index (χ0n) is 24.3. The molecule has 220 valence electrons. The average molecular weight is 600 g/mol. The second kappa shape index (κ2) is 13.9. The smallest absolute Gasteiger partial charge is 0.264 e. The van der Waals surface area contributed by atoms with Gasteiger partial charge in [-0.2, -0.15) is 0 Å². The minimum Gasteiger partial charge on any atom is -0.495 e. The molecule has 0 aliphatic rings. The molecule has 10 heteroatoms. The van der Waals surface area contributed by atoms with Crippen LogP contribution in [0.25, 0.3) is 0 Å². The first kappa shape index (κ1) is 32.0. The second-order valence-corrected chi connectivity index (χ2v) is 12.4. The summed E-state index contributed by atoms with van der Waals surface area (Å²) in [6, 6.07) is 17.6. The fourth-order valence-corrected chi connectivity index (χ4v) is 5.73. The third-order valence-electron chi connectivity index (χ3n) is 6.94. The maximum Gasteiger partial charge on any atom is 0.264 e. The number of methoxy groups -OCH3 is 1. The molecule has 2 amide bonds. The number of carbonyl (C=O) groups is 2. The zero-order valence-corrected chi connectivity index (χ0v) is 25.9. The lowest BCUT2D eigenvalue weighted by Crippen LogP contribution is -2.52. The van der Waals surface area contributed by atoms with Gasteiger partial charge in [-0.3, -0.25) is 13.9 Å². The van der Waals surface area contributed by atoms with Crippen LogP contribution in [0.4, 0.5) is 5.69 Å². The Balaban J connectivity index is 2.09. The van der Waals surface area contributed by atoms with Crippen molar-refractivity contribution in [2.75, 3.05) is 18.0 Å². The molecular formula is C31H38ClN3O5S. The standard InChI is InChI=1S/C31H38ClN3O5S/c1-7-23(4)33-31(37)24(5)34(19-25-12-8-21(2)9-13-25)30(36)20-35(28-18-26(32)14-17-29(28)40-6)41(38,39)27-15-10-22(3)11-16-27/h8-18,23-24H,7,19-20H2,1-6H3,(H,33,37)/t23-,24-/m1/s1. The number of carbonyl (C=O) groups excluding carboxylic acids is 2. The van der Waals surface area contributed by atoms with Crippen LogP contribution in [0.2, 0.25) is 5.02 Å². The number of sulfonamides is 1. The molecule has 2 atom stereocenters. The largest absolute Gasteiger partial charge is 0.495 e. The molecule has 0 radical (unpaired) electrons. The normalized spacial score (nSPS) is 12.8. The van der Waals surface area contributed by atoms with Crippen molar-refractivity contribution in [1.29, 1.82) is 0 Å². The highest BCUT2D eigenvalue weighted by atomic mass is 35.5. The van der Waals surface area contributed by atoms with Crippen LogP contribution in [-0.2, 0) is 26.2 Å². The number of benzene rings is 3. The maximum absolute atomic E-state index is 14.1. The van der Waals surface area contributed by atoms with Crippen molar-refractivity contribution < 1.29 is 22.7 Å². The number of ether oxygens (including phenoxy) is 1. The quantitative estimate of drug-likeness (QED) is 0.297. The minimum atomic E-state index is -4.25. The summed E-state index contributed by atoms with van der Waals surface area (Å²) >= 11 is 6.28. The van der Waals surface area contributed by atoms with Gasteiger partial charge in [-0.25, -0.2) is 8.42 Å². The van der Waals surface area contributed by atoms with Crippen LogP contribution in [-0.4, -0.2) is 50.9 Å². The van der Waals surface area contributed by atoms with Gasteiger partial charge in [-0.1, -0.05) is 66.0 Å². The number of hydrogen-bond acceptors (Lipinski definition) is 5. The minimum absolute atomic E-state index is 0.00516. The molecule has 41 heavy (non-hydrogen) atoms. The van der Waals surface area contributed by atoms with Crippen LogP contribution >= 0.6 is 11.6 Å². The van der Waals surface area contributed by atoms with Crippen LogP contribution in [0.3, 0.4) is 0 Å². The first-order chi connectivity index (χ1) is 19.4. The molecule has 0 saturated heterocycles. The van der Waals surface area contributed by atoms with E-state index in [2.05, 4.69) is 5.32 Å². The van der Waals surface area contributed by atoms with E-state index in [0.717, 1.165) is 27.4 Å². The lowest BCUT2D eigenvalue weighted by Gasteiger charge is -2.33. The summed E-state index contributed by atoms with van der Waals surface area (Å²) in [5.41, 5.74) is 2.86. The Labute approximate surface area is 248 Å². The van der Waals surface area contributed by atoms with Gasteiger partial charge >= 0.3 is 0 Å². The number of hydrogen-bond donors (Lipinski definition) is 1. The molecule has 0 spiro atoms. The number of anilines is 1. The highest BCUT2D eigenvalue weighted by Crippen LogP contribution is 2.35. The Kier molecular flexibility index (Phi) is 10.8. The summed E-state index contributed by atoms with van der Waals surface area (Å²) in [5, 5.41) is 3.20. The number of halogens is 1. The van der Waals surface area contributed by atoms with Gasteiger partial charge in [-0.05, 0) is 70.0 Å². The first-order valence-corrected chi connectivity index (χ1v) is 15.3. The van der Waals surface area contributed by atoms with Crippen molar-refractivity contribution in [1.82, 2.24) is 10.2 Å². The highest BCUT2D eigenvalue weighted by molar-refractivity contribution is 7.92. The van der Waals surface area contributed by atoms with Gasteiger partial charge in [0.15, 0.2) is 0 Å². The molecule has 0 fully saturated rings. The van der Waals surface area contributed by atoms with E-state index in [1.807, 2.05) is 52.0 Å². The molecule has 8 nitrogen and oxygen atoms in total. The molecule has 0 bridgehead atoms. The van der Waals surface area contributed by atoms with Gasteiger partial charge in [0, 0.05) is 17.6 Å². The van der Waals surface area contributed by atoms with Crippen LogP contribution in [0.15, 0.2) is 71.6 Å². The molecule has 0 aliphatic carbocycles. The average Bonchev–Trinajstić information content (AvgIpc) is 2.95. The van der Waals surface area contributed by atoms with Gasteiger partial charge in [-0.15, -0.1) is 0 Å². The van der Waals surface area contributed by atoms with Gasteiger partial charge in [0.2, 0.25) is 11.8 Å². The van der Waals surface area contributed by atoms with Gasteiger partial charge in [0.1, 0.15) is 18.3 Å². The van der Waals surface area contributed by atoms with Crippen molar-refractivity contribution in [3.8, 4) is 5.75 Å². The van der Waals surface area contributed by atoms with Crippen LogP contribution < -0.4 is 14.4 Å². The molecule has 1 N–H and O–H groups in total. The van der Waals surface area contributed by atoms with E-state index in [0.29, 0.717) is 0 Å². The lowest BCUT2D eigenvalue weighted by atomic mass is 10.1. The first-order valence-electron chi connectivity index (χ1n) is 13.5. The Morgan fingerprint density at radius 2 is 1.54 bits per heavy atom. The van der Waals surface area contributed by atoms with Crippen LogP contribution in [0.5, 0.6) is 5.75 Å². The Hall–Kier alpha value is -3.56. The summed E-state index contributed by atoms with van der Waals surface area (Å²) in [6.07, 6.45) is 0.724. The van der Waals surface area contributed by atoms with Crippen molar-refractivity contribution in [3.63, 3.8) is 0 Å². The van der Waals surface area contributed by atoms with Gasteiger partial charge in [0.05, 0.1) is 17.7 Å². The van der Waals surface area contributed by atoms with Crippen molar-refractivity contribution in [3.05, 3.63) is 88.4 Å². The van der Waals surface area contributed by atoms with Crippen molar-refractivity contribution in [2.24, 2.45) is 0 Å². The summed E-state index contributed by atoms with van der Waals surface area (Å²) < 4.78 is 34.5. The van der Waals surface area contributed by atoms with Gasteiger partial charge in [0.25, 0.3) is 10.0 Å². The third kappa shape index (κ3) is 8.01. The van der Waals surface area contributed by atoms with Crippen LogP contribution in [0, 0.1) is 13.8 Å². The van der Waals surface area contributed by atoms with E-state index < -0.39 is 28.5 Å². The maximum atomic E-state index is 14.1. The predicted octanol–water partition coefficient (Wildman–Crippen LogP) is 5.49. The summed E-state index contributed by atoms with van der Waals surface area (Å²) in [4.78, 5) is 28.7. The Morgan fingerprint density at radius 3 is 2.10 bits per heavy atom. The van der Waals surface area contributed by atoms with E-state index in [-0.39, 0.29) is 39.8 Å². The number of rotatable bonds is 12. The highest BCUT2D eigenvalue weighted by Gasteiger charge is 2.34. The number of nitrogens with zero attached hydrogens (tertiary/aromatic N) is 2. The number of amides is 2. The molecule has 0 heterocycles. The van der Waals surface area contributed by atoms with E-state index >= 15 is 0 Å². The Morgan fingerprint density at radius 1 is 0.951 bits per heavy atom. The van der Waals surface area contributed by atoms with Crippen molar-refractivity contribution >= 4 is 39.1 Å². The zero-order chi connectivity index (χ0) is 30.3. The number of nitrogens with one attached hydrogen (secondary N) is 1. The fourth-order valence-electron chi connectivity index (χ4n) is 4.15. The number of aryl methyl sites for hydroxylation is 2. The molecule has 0 unspecified atom stereocenters. The molecular weight excluding hydrogens is 562 g/mol. The van der Waals surface area contributed by atoms with E-state index in [4.69, 9.17) is 16.3 Å². The topological polar surface area (TPSA) is 96.0 Å². The summed E-state index contributed by atoms with van der Waals surface area (Å²) in [6.45, 7) is 8.82. The monoisotopic (exact) mass is 599 g/mol. The molecule has 3 aromatic rings. The summed E-state index contributed by atoms with van der Waals surface area (Å²) in [7, 11) is -2.84. The van der Waals surface area contributed by atoms with Crippen molar-refractivity contribution in [2.45, 2.75) is 64.6 Å². The molecule has 3 aromatic carbocycles. The molecule has 0 aromatic heterocycles. The molecule has 0 aliphatic heterocycles.